The SMILES string of the molecule is CC(C)CCNN[C@H](C=O)Cc1ccc(O)cc1. The summed E-state index contributed by atoms with van der Waals surface area (Å²) in [4.78, 5) is 11.0. The maximum absolute atomic E-state index is 11.0. The van der Waals surface area contributed by atoms with Crippen molar-refractivity contribution in [3.05, 3.63) is 29.8 Å². The van der Waals surface area contributed by atoms with Crippen molar-refractivity contribution in [3.63, 3.8) is 0 Å². The van der Waals surface area contributed by atoms with E-state index in [0.717, 1.165) is 24.8 Å². The molecule has 0 saturated carbocycles. The Morgan fingerprint density at radius 3 is 2.50 bits per heavy atom. The Kier molecular flexibility index (Phi) is 6.39. The second-order valence-corrected chi connectivity index (χ2v) is 4.87. The average Bonchev–Trinajstić information content (AvgIpc) is 2.35. The Morgan fingerprint density at radius 1 is 1.28 bits per heavy atom. The van der Waals surface area contributed by atoms with E-state index in [9.17, 15) is 9.90 Å². The average molecular weight is 250 g/mol. The standard InChI is InChI=1S/C14H22N2O2/c1-11(2)7-8-15-16-13(10-17)9-12-3-5-14(18)6-4-12/h3-6,10-11,13,15-16,18H,7-9H2,1-2H3/t13-/m0/s1. The van der Waals surface area contributed by atoms with E-state index in [0.29, 0.717) is 12.3 Å². The number of carbonyl (C=O) groups is 1. The molecule has 18 heavy (non-hydrogen) atoms. The molecule has 1 aromatic rings. The van der Waals surface area contributed by atoms with Gasteiger partial charge in [0.1, 0.15) is 12.0 Å². The van der Waals surface area contributed by atoms with Gasteiger partial charge >= 0.3 is 0 Å². The summed E-state index contributed by atoms with van der Waals surface area (Å²) in [6.45, 7) is 5.17. The minimum Gasteiger partial charge on any atom is -0.508 e. The van der Waals surface area contributed by atoms with Crippen LogP contribution in [0.25, 0.3) is 0 Å². The van der Waals surface area contributed by atoms with Crippen LogP contribution in [0.1, 0.15) is 25.8 Å². The van der Waals surface area contributed by atoms with Gasteiger partial charge in [0.05, 0.1) is 6.04 Å². The molecule has 0 aliphatic carbocycles. The van der Waals surface area contributed by atoms with Gasteiger partial charge in [-0.15, -0.1) is 0 Å². The normalized spacial score (nSPS) is 12.6. The number of phenolic OH excluding ortho intramolecular Hbond substituents is 1. The van der Waals surface area contributed by atoms with E-state index in [1.807, 2.05) is 12.1 Å². The highest BCUT2D eigenvalue weighted by molar-refractivity contribution is 5.58. The van der Waals surface area contributed by atoms with Gasteiger partial charge in [-0.1, -0.05) is 26.0 Å². The summed E-state index contributed by atoms with van der Waals surface area (Å²) in [6.07, 6.45) is 2.57. The molecule has 3 N–H and O–H groups in total. The topological polar surface area (TPSA) is 61.4 Å². The van der Waals surface area contributed by atoms with Crippen molar-refractivity contribution in [2.75, 3.05) is 6.54 Å². The molecule has 0 aliphatic rings. The first-order valence-corrected chi connectivity index (χ1v) is 6.33. The van der Waals surface area contributed by atoms with Crippen molar-refractivity contribution in [1.29, 1.82) is 0 Å². The monoisotopic (exact) mass is 250 g/mol. The second-order valence-electron chi connectivity index (χ2n) is 4.87. The molecule has 0 bridgehead atoms. The largest absolute Gasteiger partial charge is 0.508 e. The molecule has 0 amide bonds. The summed E-state index contributed by atoms with van der Waals surface area (Å²) in [6, 6.07) is 6.65. The van der Waals surface area contributed by atoms with Gasteiger partial charge in [0.25, 0.3) is 0 Å². The lowest BCUT2D eigenvalue weighted by Gasteiger charge is -2.14. The van der Waals surface area contributed by atoms with Crippen LogP contribution in [0.2, 0.25) is 0 Å². The van der Waals surface area contributed by atoms with Crippen LogP contribution in [0.15, 0.2) is 24.3 Å². The van der Waals surface area contributed by atoms with Crippen molar-refractivity contribution in [1.82, 2.24) is 10.9 Å². The molecule has 4 nitrogen and oxygen atoms in total. The predicted molar refractivity (Wildman–Crippen MR) is 72.3 cm³/mol. The molecular formula is C14H22N2O2. The molecule has 0 fully saturated rings. The molecule has 0 heterocycles. The molecule has 4 heteroatoms. The fourth-order valence-electron chi connectivity index (χ4n) is 1.58. The predicted octanol–water partition coefficient (Wildman–Crippen LogP) is 1.64. The Bertz CT molecular complexity index is 349. The summed E-state index contributed by atoms with van der Waals surface area (Å²) in [5.74, 6) is 0.885. The molecule has 1 atom stereocenters. The third-order valence-electron chi connectivity index (χ3n) is 2.69. The van der Waals surface area contributed by atoms with Crippen molar-refractivity contribution in [2.45, 2.75) is 32.7 Å². The highest BCUT2D eigenvalue weighted by Crippen LogP contribution is 2.10. The zero-order chi connectivity index (χ0) is 13.4. The van der Waals surface area contributed by atoms with Gasteiger partial charge in [0.15, 0.2) is 0 Å². The van der Waals surface area contributed by atoms with Gasteiger partial charge in [-0.2, -0.15) is 0 Å². The van der Waals surface area contributed by atoms with Crippen LogP contribution in [0.5, 0.6) is 5.75 Å². The molecule has 0 aromatic heterocycles. The third kappa shape index (κ3) is 5.80. The lowest BCUT2D eigenvalue weighted by molar-refractivity contribution is -0.109. The fraction of sp³-hybridized carbons (Fsp3) is 0.500. The molecule has 0 saturated heterocycles. The zero-order valence-corrected chi connectivity index (χ0v) is 11.0. The van der Waals surface area contributed by atoms with Crippen LogP contribution in [0, 0.1) is 5.92 Å². The summed E-state index contributed by atoms with van der Waals surface area (Å²) in [5, 5.41) is 9.18. The van der Waals surface area contributed by atoms with Crippen LogP contribution in [0.3, 0.4) is 0 Å². The van der Waals surface area contributed by atoms with E-state index in [-0.39, 0.29) is 11.8 Å². The molecule has 0 unspecified atom stereocenters. The molecule has 100 valence electrons. The summed E-state index contributed by atoms with van der Waals surface area (Å²) < 4.78 is 0. The first-order valence-electron chi connectivity index (χ1n) is 6.33. The molecule has 1 aromatic carbocycles. The van der Waals surface area contributed by atoms with E-state index in [1.165, 1.54) is 0 Å². The summed E-state index contributed by atoms with van der Waals surface area (Å²) in [7, 11) is 0. The van der Waals surface area contributed by atoms with Gasteiger partial charge in [-0.25, -0.2) is 5.43 Å². The lowest BCUT2D eigenvalue weighted by Crippen LogP contribution is -2.43. The number of carbonyl (C=O) groups excluding carboxylic acids is 1. The Morgan fingerprint density at radius 2 is 1.94 bits per heavy atom. The Labute approximate surface area is 108 Å². The number of hydrazine groups is 1. The van der Waals surface area contributed by atoms with Crippen molar-refractivity contribution >= 4 is 6.29 Å². The summed E-state index contributed by atoms with van der Waals surface area (Å²) in [5.41, 5.74) is 7.09. The van der Waals surface area contributed by atoms with Crippen molar-refractivity contribution in [3.8, 4) is 5.75 Å². The lowest BCUT2D eigenvalue weighted by atomic mass is 10.1. The highest BCUT2D eigenvalue weighted by atomic mass is 16.3. The number of rotatable bonds is 8. The van der Waals surface area contributed by atoms with Crippen LogP contribution in [0.4, 0.5) is 0 Å². The number of hydrogen-bond acceptors (Lipinski definition) is 4. The van der Waals surface area contributed by atoms with E-state index >= 15 is 0 Å². The molecular weight excluding hydrogens is 228 g/mol. The third-order valence-corrected chi connectivity index (χ3v) is 2.69. The van der Waals surface area contributed by atoms with Crippen molar-refractivity contribution in [2.24, 2.45) is 5.92 Å². The minimum atomic E-state index is -0.248. The van der Waals surface area contributed by atoms with Crippen LogP contribution in [-0.4, -0.2) is 24.0 Å². The maximum atomic E-state index is 11.0. The second kappa shape index (κ2) is 7.84. The van der Waals surface area contributed by atoms with Crippen molar-refractivity contribution < 1.29 is 9.90 Å². The van der Waals surface area contributed by atoms with Gasteiger partial charge in [-0.3, -0.25) is 5.43 Å². The van der Waals surface area contributed by atoms with Crippen LogP contribution < -0.4 is 10.9 Å². The Balaban J connectivity index is 2.33. The minimum absolute atomic E-state index is 0.240. The van der Waals surface area contributed by atoms with Gasteiger partial charge in [0, 0.05) is 6.54 Å². The first kappa shape index (κ1) is 14.7. The van der Waals surface area contributed by atoms with Crippen LogP contribution in [-0.2, 0) is 11.2 Å². The van der Waals surface area contributed by atoms with E-state index < -0.39 is 0 Å². The highest BCUT2D eigenvalue weighted by Gasteiger charge is 2.07. The molecule has 1 rings (SSSR count). The smallest absolute Gasteiger partial charge is 0.138 e. The number of benzene rings is 1. The van der Waals surface area contributed by atoms with Gasteiger partial charge in [0.2, 0.25) is 0 Å². The quantitative estimate of drug-likeness (QED) is 0.373. The number of phenols is 1. The van der Waals surface area contributed by atoms with Crippen LogP contribution >= 0.6 is 0 Å². The number of aldehydes is 1. The molecule has 0 spiro atoms. The number of hydrogen-bond donors (Lipinski definition) is 3. The number of aromatic hydroxyl groups is 1. The number of nitrogens with one attached hydrogen (secondary N) is 2. The zero-order valence-electron chi connectivity index (χ0n) is 11.0. The Hall–Kier alpha value is -1.39. The van der Waals surface area contributed by atoms with Gasteiger partial charge in [-0.05, 0) is 36.5 Å². The first-order chi connectivity index (χ1) is 8.61. The summed E-state index contributed by atoms with van der Waals surface area (Å²) >= 11 is 0. The molecule has 0 aliphatic heterocycles. The van der Waals surface area contributed by atoms with E-state index in [2.05, 4.69) is 24.7 Å². The van der Waals surface area contributed by atoms with E-state index in [1.54, 1.807) is 12.1 Å². The fourth-order valence-corrected chi connectivity index (χ4v) is 1.58. The van der Waals surface area contributed by atoms with E-state index in [4.69, 9.17) is 0 Å². The molecule has 0 radical (unpaired) electrons. The van der Waals surface area contributed by atoms with Gasteiger partial charge < -0.3 is 9.90 Å². The maximum Gasteiger partial charge on any atom is 0.138 e.